The van der Waals surface area contributed by atoms with E-state index in [0.717, 1.165) is 6.07 Å². The molecule has 1 aliphatic heterocycles. The van der Waals surface area contributed by atoms with Crippen LogP contribution in [0.3, 0.4) is 0 Å². The molecule has 1 atom stereocenters. The van der Waals surface area contributed by atoms with Gasteiger partial charge in [0, 0.05) is 44.4 Å². The molecule has 0 aliphatic carbocycles. The highest BCUT2D eigenvalue weighted by atomic mass is 35.5. The molecule has 152 valence electrons. The third-order valence-electron chi connectivity index (χ3n) is 4.98. The van der Waals surface area contributed by atoms with Crippen LogP contribution in [0.15, 0.2) is 36.4 Å². The lowest BCUT2D eigenvalue weighted by Gasteiger charge is -2.31. The Hall–Kier alpha value is -2.69. The van der Waals surface area contributed by atoms with Crippen LogP contribution in [-0.2, 0) is 16.1 Å². The molecule has 8 heteroatoms. The van der Waals surface area contributed by atoms with Gasteiger partial charge in [-0.15, -0.1) is 0 Å². The summed E-state index contributed by atoms with van der Waals surface area (Å²) in [4.78, 5) is 15.9. The van der Waals surface area contributed by atoms with Gasteiger partial charge < -0.3 is 14.5 Å². The molecule has 0 N–H and O–H groups in total. The number of anilines is 1. The van der Waals surface area contributed by atoms with Gasteiger partial charge in [-0.2, -0.15) is 5.26 Å². The van der Waals surface area contributed by atoms with Crippen LogP contribution < -0.4 is 4.90 Å². The maximum Gasteiger partial charge on any atom is 0.224 e. The van der Waals surface area contributed by atoms with Crippen LogP contribution >= 0.6 is 11.6 Å². The zero-order chi connectivity index (χ0) is 21.0. The number of likely N-dealkylation sites (tertiary alicyclic amines) is 1. The second kappa shape index (κ2) is 9.21. The molecule has 29 heavy (non-hydrogen) atoms. The molecule has 0 spiro atoms. The van der Waals surface area contributed by atoms with Crippen LogP contribution in [0.2, 0.25) is 5.02 Å². The molecule has 2 aromatic carbocycles. The van der Waals surface area contributed by atoms with E-state index in [0.29, 0.717) is 30.9 Å². The van der Waals surface area contributed by atoms with Crippen molar-refractivity contribution in [3.05, 3.63) is 64.2 Å². The van der Waals surface area contributed by atoms with Crippen LogP contribution in [-0.4, -0.2) is 43.7 Å². The second-order valence-corrected chi connectivity index (χ2v) is 7.21. The Morgan fingerprint density at radius 1 is 1.34 bits per heavy atom. The summed E-state index contributed by atoms with van der Waals surface area (Å²) < 4.78 is 33.1. The van der Waals surface area contributed by atoms with E-state index < -0.39 is 11.6 Å². The summed E-state index contributed by atoms with van der Waals surface area (Å²) in [6.07, 6.45) is 0.234. The largest absolute Gasteiger partial charge is 0.383 e. The predicted octanol–water partition coefficient (Wildman–Crippen LogP) is 3.74. The number of hydrogen-bond donors (Lipinski definition) is 0. The summed E-state index contributed by atoms with van der Waals surface area (Å²) in [6.45, 7) is 1.36. The summed E-state index contributed by atoms with van der Waals surface area (Å²) in [5.41, 5.74) is 1.12. The molecule has 0 aromatic heterocycles. The molecule has 1 heterocycles. The summed E-state index contributed by atoms with van der Waals surface area (Å²) >= 11 is 6.19. The van der Waals surface area contributed by atoms with Gasteiger partial charge in [-0.25, -0.2) is 8.78 Å². The van der Waals surface area contributed by atoms with Crippen LogP contribution in [0.4, 0.5) is 14.5 Å². The van der Waals surface area contributed by atoms with E-state index in [2.05, 4.69) is 0 Å². The summed E-state index contributed by atoms with van der Waals surface area (Å²) in [7, 11) is 1.57. The van der Waals surface area contributed by atoms with E-state index in [1.807, 2.05) is 11.0 Å². The molecule has 1 fully saturated rings. The summed E-state index contributed by atoms with van der Waals surface area (Å²) in [5.74, 6) is -1.88. The van der Waals surface area contributed by atoms with Crippen molar-refractivity contribution in [2.45, 2.75) is 19.0 Å². The first-order valence-corrected chi connectivity index (χ1v) is 9.48. The van der Waals surface area contributed by atoms with E-state index in [4.69, 9.17) is 21.6 Å². The monoisotopic (exact) mass is 419 g/mol. The Bertz CT molecular complexity index is 948. The fourth-order valence-electron chi connectivity index (χ4n) is 3.44. The van der Waals surface area contributed by atoms with Crippen molar-refractivity contribution in [1.82, 2.24) is 4.90 Å². The predicted molar refractivity (Wildman–Crippen MR) is 106 cm³/mol. The minimum Gasteiger partial charge on any atom is -0.383 e. The van der Waals surface area contributed by atoms with Crippen molar-refractivity contribution in [3.8, 4) is 6.07 Å². The molecule has 2 aromatic rings. The first kappa shape index (κ1) is 21.0. The fraction of sp³-hybridized carbons (Fsp3) is 0.333. The highest BCUT2D eigenvalue weighted by Gasteiger charge is 2.34. The smallest absolute Gasteiger partial charge is 0.224 e. The average molecular weight is 420 g/mol. The molecule has 1 aliphatic rings. The standard InChI is InChI=1S/C21H20ClF2N3O2/c1-29-8-7-26-13-17(10-20(26)28)27(12-15-3-2-4-19(23)21(15)24)16-6-5-14(11-25)18(22)9-16/h2-6,9,17H,7-8,10,12-13H2,1H3/t17-/m0/s1. The van der Waals surface area contributed by atoms with Crippen LogP contribution in [0.25, 0.3) is 0 Å². The van der Waals surface area contributed by atoms with Gasteiger partial charge in [0.05, 0.1) is 23.2 Å². The Labute approximate surface area is 173 Å². The number of carbonyl (C=O) groups excluding carboxylic acids is 1. The third kappa shape index (κ3) is 4.66. The van der Waals surface area contributed by atoms with Gasteiger partial charge in [0.15, 0.2) is 11.6 Å². The van der Waals surface area contributed by atoms with Crippen molar-refractivity contribution < 1.29 is 18.3 Å². The van der Waals surface area contributed by atoms with E-state index >= 15 is 0 Å². The van der Waals surface area contributed by atoms with Gasteiger partial charge in [0.2, 0.25) is 5.91 Å². The van der Waals surface area contributed by atoms with E-state index in [9.17, 15) is 13.6 Å². The van der Waals surface area contributed by atoms with Crippen molar-refractivity contribution in [3.63, 3.8) is 0 Å². The maximum atomic E-state index is 14.3. The molecule has 0 radical (unpaired) electrons. The second-order valence-electron chi connectivity index (χ2n) is 6.81. The van der Waals surface area contributed by atoms with Gasteiger partial charge in [-0.05, 0) is 24.3 Å². The topological polar surface area (TPSA) is 56.6 Å². The van der Waals surface area contributed by atoms with Gasteiger partial charge in [-0.1, -0.05) is 23.7 Å². The van der Waals surface area contributed by atoms with Gasteiger partial charge in [0.1, 0.15) is 6.07 Å². The minimum absolute atomic E-state index is 0.0310. The molecule has 1 amide bonds. The molecular weight excluding hydrogens is 400 g/mol. The molecule has 3 rings (SSSR count). The average Bonchev–Trinajstić information content (AvgIpc) is 3.07. The number of rotatable bonds is 7. The summed E-state index contributed by atoms with van der Waals surface area (Å²) in [5, 5.41) is 9.37. The highest BCUT2D eigenvalue weighted by molar-refractivity contribution is 6.32. The normalized spacial score (nSPS) is 16.2. The fourth-order valence-corrected chi connectivity index (χ4v) is 3.65. The molecular formula is C21H20ClF2N3O2. The van der Waals surface area contributed by atoms with E-state index in [1.165, 1.54) is 12.1 Å². The molecule has 0 saturated carbocycles. The Balaban J connectivity index is 1.94. The van der Waals surface area contributed by atoms with Crippen LogP contribution in [0.5, 0.6) is 0 Å². The lowest BCUT2D eigenvalue weighted by molar-refractivity contribution is -0.128. The molecule has 1 saturated heterocycles. The van der Waals surface area contributed by atoms with Gasteiger partial charge in [-0.3, -0.25) is 4.79 Å². The van der Waals surface area contributed by atoms with E-state index in [1.54, 1.807) is 30.2 Å². The SMILES string of the molecule is COCCN1C[C@@H](N(Cc2cccc(F)c2F)c2ccc(C#N)c(Cl)c2)CC1=O. The first-order valence-electron chi connectivity index (χ1n) is 9.10. The zero-order valence-electron chi connectivity index (χ0n) is 15.9. The zero-order valence-corrected chi connectivity index (χ0v) is 16.6. The van der Waals surface area contributed by atoms with Crippen molar-refractivity contribution >= 4 is 23.2 Å². The number of hydrogen-bond acceptors (Lipinski definition) is 4. The first-order chi connectivity index (χ1) is 13.9. The number of amides is 1. The summed E-state index contributed by atoms with van der Waals surface area (Å²) in [6, 6.07) is 10.6. The number of carbonyl (C=O) groups is 1. The number of nitrogens with zero attached hydrogens (tertiary/aromatic N) is 3. The van der Waals surface area contributed by atoms with Crippen LogP contribution in [0, 0.1) is 23.0 Å². The molecule has 0 bridgehead atoms. The van der Waals surface area contributed by atoms with Crippen LogP contribution in [0.1, 0.15) is 17.5 Å². The van der Waals surface area contributed by atoms with Crippen molar-refractivity contribution in [2.24, 2.45) is 0 Å². The Kier molecular flexibility index (Phi) is 6.68. The minimum atomic E-state index is -0.926. The lowest BCUT2D eigenvalue weighted by atomic mass is 10.1. The van der Waals surface area contributed by atoms with E-state index in [-0.39, 0.29) is 35.5 Å². The number of nitriles is 1. The Morgan fingerprint density at radius 3 is 2.83 bits per heavy atom. The third-order valence-corrected chi connectivity index (χ3v) is 5.29. The van der Waals surface area contributed by atoms with Crippen molar-refractivity contribution in [2.75, 3.05) is 31.7 Å². The number of ether oxygens (including phenoxy) is 1. The number of benzene rings is 2. The highest BCUT2D eigenvalue weighted by Crippen LogP contribution is 2.30. The number of halogens is 3. The molecule has 5 nitrogen and oxygen atoms in total. The van der Waals surface area contributed by atoms with Gasteiger partial charge >= 0.3 is 0 Å². The Morgan fingerprint density at radius 2 is 2.14 bits per heavy atom. The maximum absolute atomic E-state index is 14.3. The molecule has 0 unspecified atom stereocenters. The lowest BCUT2D eigenvalue weighted by Crippen LogP contribution is -2.38. The van der Waals surface area contributed by atoms with Crippen molar-refractivity contribution in [1.29, 1.82) is 5.26 Å². The van der Waals surface area contributed by atoms with Gasteiger partial charge in [0.25, 0.3) is 0 Å². The number of methoxy groups -OCH3 is 1. The quantitative estimate of drug-likeness (QED) is 0.686.